The van der Waals surface area contributed by atoms with E-state index in [9.17, 15) is 33.3 Å². The summed E-state index contributed by atoms with van der Waals surface area (Å²) in [5.74, 6) is -0.443. The van der Waals surface area contributed by atoms with Crippen molar-refractivity contribution in [1.29, 1.82) is 5.26 Å². The highest BCUT2D eigenvalue weighted by molar-refractivity contribution is 6.09. The Morgan fingerprint density at radius 3 is 2.44 bits per heavy atom. The standard InChI is InChI=1S/C24H16F3N3O4/c25-24(26,27)19-4-2-5-20(13-19)29-23(31)18(14-28)11-17-3-1-6-22(12-17)34-15-16-7-9-21(10-8-16)30(32)33/h1-13H,15H2,(H,29,31)/b18-11-. The van der Waals surface area contributed by atoms with Gasteiger partial charge < -0.3 is 10.1 Å². The number of ether oxygens (including phenoxy) is 1. The number of carbonyl (C=O) groups excluding carboxylic acids is 1. The second-order valence-electron chi connectivity index (χ2n) is 6.99. The van der Waals surface area contributed by atoms with Crippen LogP contribution in [0.1, 0.15) is 16.7 Å². The molecule has 0 heterocycles. The quantitative estimate of drug-likeness (QED) is 0.207. The molecule has 3 aromatic rings. The highest BCUT2D eigenvalue weighted by atomic mass is 19.4. The van der Waals surface area contributed by atoms with E-state index in [4.69, 9.17) is 4.74 Å². The van der Waals surface area contributed by atoms with Crippen LogP contribution in [0.4, 0.5) is 24.5 Å². The van der Waals surface area contributed by atoms with Gasteiger partial charge in [0.1, 0.15) is 24.0 Å². The Labute approximate surface area is 191 Å². The lowest BCUT2D eigenvalue weighted by atomic mass is 10.1. The zero-order valence-corrected chi connectivity index (χ0v) is 17.4. The van der Waals surface area contributed by atoms with E-state index >= 15 is 0 Å². The number of anilines is 1. The number of hydrogen-bond donors (Lipinski definition) is 1. The summed E-state index contributed by atoms with van der Waals surface area (Å²) in [6.07, 6.45) is -3.29. The second kappa shape index (κ2) is 10.3. The molecule has 0 unspecified atom stereocenters. The van der Waals surface area contributed by atoms with E-state index < -0.39 is 22.6 Å². The second-order valence-corrected chi connectivity index (χ2v) is 6.99. The number of halogens is 3. The number of alkyl halides is 3. The molecule has 0 aliphatic carbocycles. The predicted octanol–water partition coefficient (Wildman–Crippen LogP) is 5.74. The third-order valence-corrected chi connectivity index (χ3v) is 4.53. The van der Waals surface area contributed by atoms with Crippen molar-refractivity contribution in [1.82, 2.24) is 0 Å². The summed E-state index contributed by atoms with van der Waals surface area (Å²) < 4.78 is 44.2. The molecule has 1 amide bonds. The van der Waals surface area contributed by atoms with Gasteiger partial charge in [0.25, 0.3) is 11.6 Å². The van der Waals surface area contributed by atoms with Crippen molar-refractivity contribution in [2.45, 2.75) is 12.8 Å². The first-order valence-corrected chi connectivity index (χ1v) is 9.72. The van der Waals surface area contributed by atoms with Crippen LogP contribution in [0.15, 0.2) is 78.4 Å². The summed E-state index contributed by atoms with van der Waals surface area (Å²) in [4.78, 5) is 22.6. The van der Waals surface area contributed by atoms with Crippen LogP contribution in [0.2, 0.25) is 0 Å². The van der Waals surface area contributed by atoms with Gasteiger partial charge in [0.15, 0.2) is 0 Å². The molecule has 7 nitrogen and oxygen atoms in total. The minimum atomic E-state index is -4.57. The molecular weight excluding hydrogens is 451 g/mol. The summed E-state index contributed by atoms with van der Waals surface area (Å²) in [7, 11) is 0. The largest absolute Gasteiger partial charge is 0.489 e. The fourth-order valence-electron chi connectivity index (χ4n) is 2.86. The molecule has 0 aliphatic heterocycles. The molecule has 0 radical (unpaired) electrons. The molecular formula is C24H16F3N3O4. The maximum absolute atomic E-state index is 12.9. The topological polar surface area (TPSA) is 105 Å². The van der Waals surface area contributed by atoms with Gasteiger partial charge in [0, 0.05) is 17.8 Å². The van der Waals surface area contributed by atoms with Crippen molar-refractivity contribution in [3.05, 3.63) is 105 Å². The van der Waals surface area contributed by atoms with Crippen LogP contribution in [0.3, 0.4) is 0 Å². The van der Waals surface area contributed by atoms with Crippen molar-refractivity contribution in [3.63, 3.8) is 0 Å². The molecule has 0 saturated heterocycles. The minimum absolute atomic E-state index is 0.0386. The first-order valence-electron chi connectivity index (χ1n) is 9.72. The molecule has 0 spiro atoms. The number of non-ortho nitro benzene ring substituents is 1. The number of nitriles is 1. The third-order valence-electron chi connectivity index (χ3n) is 4.53. The molecule has 0 saturated carbocycles. The van der Waals surface area contributed by atoms with Crippen molar-refractivity contribution in [2.24, 2.45) is 0 Å². The van der Waals surface area contributed by atoms with Crippen molar-refractivity contribution in [3.8, 4) is 11.8 Å². The van der Waals surface area contributed by atoms with Crippen LogP contribution in [0.5, 0.6) is 5.75 Å². The normalized spacial score (nSPS) is 11.4. The van der Waals surface area contributed by atoms with Crippen molar-refractivity contribution in [2.75, 3.05) is 5.32 Å². The first kappa shape index (κ1) is 24.0. The van der Waals surface area contributed by atoms with Crippen molar-refractivity contribution < 1.29 is 27.6 Å². The Balaban J connectivity index is 1.70. The van der Waals surface area contributed by atoms with Crippen LogP contribution in [-0.4, -0.2) is 10.8 Å². The van der Waals surface area contributed by atoms with E-state index in [2.05, 4.69) is 5.32 Å². The average Bonchev–Trinajstić information content (AvgIpc) is 2.81. The fourth-order valence-corrected chi connectivity index (χ4v) is 2.86. The molecule has 0 atom stereocenters. The maximum atomic E-state index is 12.9. The highest BCUT2D eigenvalue weighted by Crippen LogP contribution is 2.30. The molecule has 10 heteroatoms. The Morgan fingerprint density at radius 1 is 1.09 bits per heavy atom. The van der Waals surface area contributed by atoms with Crippen molar-refractivity contribution >= 4 is 23.4 Å². The number of rotatable bonds is 7. The maximum Gasteiger partial charge on any atom is 0.416 e. The summed E-state index contributed by atoms with van der Waals surface area (Å²) >= 11 is 0. The number of amides is 1. The van der Waals surface area contributed by atoms with Gasteiger partial charge in [0.2, 0.25) is 0 Å². The molecule has 1 N–H and O–H groups in total. The number of nitrogens with one attached hydrogen (secondary N) is 1. The van der Waals surface area contributed by atoms with Gasteiger partial charge in [-0.3, -0.25) is 14.9 Å². The minimum Gasteiger partial charge on any atom is -0.489 e. The molecule has 0 aromatic heterocycles. The van der Waals surface area contributed by atoms with E-state index in [-0.39, 0.29) is 23.6 Å². The zero-order chi connectivity index (χ0) is 24.7. The van der Waals surface area contributed by atoms with Crippen LogP contribution < -0.4 is 10.1 Å². The lowest BCUT2D eigenvalue weighted by Gasteiger charge is -2.10. The molecule has 3 aromatic carbocycles. The third kappa shape index (κ3) is 6.43. The SMILES string of the molecule is N#C/C(=C/c1cccc(OCc2ccc([N+](=O)[O-])cc2)c1)C(=O)Nc1cccc(C(F)(F)F)c1. The number of carbonyl (C=O) groups is 1. The van der Waals surface area contributed by atoms with Gasteiger partial charge in [-0.2, -0.15) is 18.4 Å². The van der Waals surface area contributed by atoms with Crippen LogP contribution in [-0.2, 0) is 17.6 Å². The van der Waals surface area contributed by atoms with E-state index in [1.807, 2.05) is 0 Å². The number of hydrogen-bond acceptors (Lipinski definition) is 5. The predicted molar refractivity (Wildman–Crippen MR) is 118 cm³/mol. The lowest BCUT2D eigenvalue weighted by molar-refractivity contribution is -0.384. The number of nitro benzene ring substituents is 1. The monoisotopic (exact) mass is 467 g/mol. The molecule has 0 fully saturated rings. The molecule has 172 valence electrons. The summed E-state index contributed by atoms with van der Waals surface area (Å²) in [5.41, 5.74) is -0.221. The van der Waals surface area contributed by atoms with E-state index in [1.165, 1.54) is 24.3 Å². The Kier molecular flexibility index (Phi) is 7.28. The molecule has 34 heavy (non-hydrogen) atoms. The zero-order valence-electron chi connectivity index (χ0n) is 17.4. The van der Waals surface area contributed by atoms with E-state index in [1.54, 1.807) is 42.5 Å². The summed E-state index contributed by atoms with van der Waals surface area (Å²) in [6.45, 7) is 0.131. The molecule has 3 rings (SSSR count). The number of nitrogens with zero attached hydrogens (tertiary/aromatic N) is 2. The Bertz CT molecular complexity index is 1280. The fraction of sp³-hybridized carbons (Fsp3) is 0.0833. The summed E-state index contributed by atoms with van der Waals surface area (Å²) in [5, 5.41) is 22.4. The average molecular weight is 467 g/mol. The van der Waals surface area contributed by atoms with Gasteiger partial charge in [-0.15, -0.1) is 0 Å². The number of benzene rings is 3. The van der Waals surface area contributed by atoms with Gasteiger partial charge >= 0.3 is 6.18 Å². The van der Waals surface area contributed by atoms with Crippen LogP contribution >= 0.6 is 0 Å². The smallest absolute Gasteiger partial charge is 0.416 e. The van der Waals surface area contributed by atoms with Gasteiger partial charge in [-0.1, -0.05) is 18.2 Å². The lowest BCUT2D eigenvalue weighted by Crippen LogP contribution is -2.14. The first-order chi connectivity index (χ1) is 16.2. The van der Waals surface area contributed by atoms with Gasteiger partial charge in [-0.25, -0.2) is 0 Å². The Hall–Kier alpha value is -4.65. The van der Waals surface area contributed by atoms with E-state index in [0.717, 1.165) is 18.2 Å². The van der Waals surface area contributed by atoms with Gasteiger partial charge in [-0.05, 0) is 59.7 Å². The van der Waals surface area contributed by atoms with E-state index in [0.29, 0.717) is 16.9 Å². The van der Waals surface area contributed by atoms with Crippen LogP contribution in [0, 0.1) is 21.4 Å². The van der Waals surface area contributed by atoms with Crippen LogP contribution in [0.25, 0.3) is 6.08 Å². The highest BCUT2D eigenvalue weighted by Gasteiger charge is 2.30. The molecule has 0 aliphatic rings. The number of nitro groups is 1. The Morgan fingerprint density at radius 2 is 1.79 bits per heavy atom. The van der Waals surface area contributed by atoms with Gasteiger partial charge in [0.05, 0.1) is 10.5 Å². The summed E-state index contributed by atoms with van der Waals surface area (Å²) in [6, 6.07) is 18.2. The molecule has 0 bridgehead atoms.